The molecule has 98 valence electrons. The molecule has 0 heterocycles. The molecule has 0 atom stereocenters. The predicted molar refractivity (Wildman–Crippen MR) is 64.4 cm³/mol. The van der Waals surface area contributed by atoms with E-state index in [2.05, 4.69) is 11.9 Å². The molecule has 5 nitrogen and oxygen atoms in total. The van der Waals surface area contributed by atoms with Gasteiger partial charge in [0.15, 0.2) is 0 Å². The minimum absolute atomic E-state index is 0.107. The van der Waals surface area contributed by atoms with E-state index in [0.717, 1.165) is 6.42 Å². The third-order valence-electron chi connectivity index (χ3n) is 1.89. The molecule has 0 fully saturated rings. The van der Waals surface area contributed by atoms with E-state index in [1.54, 1.807) is 13.8 Å². The highest BCUT2D eigenvalue weighted by molar-refractivity contribution is 5.86. The van der Waals surface area contributed by atoms with Gasteiger partial charge in [-0.1, -0.05) is 20.4 Å². The van der Waals surface area contributed by atoms with Crippen LogP contribution < -0.4 is 5.32 Å². The Morgan fingerprint density at radius 1 is 1.29 bits per heavy atom. The highest BCUT2D eigenvalue weighted by Crippen LogP contribution is 1.95. The molecular weight excluding hydrogens is 222 g/mol. The zero-order valence-corrected chi connectivity index (χ0v) is 10.5. The monoisotopic (exact) mass is 243 g/mol. The van der Waals surface area contributed by atoms with Crippen LogP contribution in [-0.2, 0) is 19.1 Å². The van der Waals surface area contributed by atoms with Crippen molar-refractivity contribution in [3.05, 3.63) is 12.7 Å². The molecule has 1 amide bonds. The molecule has 0 saturated heterocycles. The summed E-state index contributed by atoms with van der Waals surface area (Å²) in [6.45, 7) is 8.64. The second-order valence-electron chi connectivity index (χ2n) is 3.78. The Hall–Kier alpha value is -1.36. The van der Waals surface area contributed by atoms with Gasteiger partial charge in [0.05, 0.1) is 12.5 Å². The van der Waals surface area contributed by atoms with E-state index in [9.17, 15) is 9.59 Å². The standard InChI is InChI=1S/C12H21NO4/c1-4-11(14)13-6-5-7-16-8-9-17-12(15)10(2)3/h4,10H,1,5-9H2,2-3H3,(H,13,14). The summed E-state index contributed by atoms with van der Waals surface area (Å²) in [5.74, 6) is -0.508. The first kappa shape index (κ1) is 15.6. The molecule has 0 rings (SSSR count). The van der Waals surface area contributed by atoms with E-state index in [-0.39, 0.29) is 24.4 Å². The van der Waals surface area contributed by atoms with Gasteiger partial charge < -0.3 is 14.8 Å². The Labute approximate surface area is 102 Å². The lowest BCUT2D eigenvalue weighted by molar-refractivity contribution is -0.148. The van der Waals surface area contributed by atoms with Crippen LogP contribution in [0, 0.1) is 5.92 Å². The van der Waals surface area contributed by atoms with Crippen LogP contribution in [0.5, 0.6) is 0 Å². The molecule has 0 saturated carbocycles. The first-order chi connectivity index (χ1) is 8.07. The van der Waals surface area contributed by atoms with E-state index in [4.69, 9.17) is 9.47 Å². The molecule has 0 aliphatic heterocycles. The van der Waals surface area contributed by atoms with Gasteiger partial charge >= 0.3 is 5.97 Å². The van der Waals surface area contributed by atoms with Crippen molar-refractivity contribution in [1.82, 2.24) is 5.32 Å². The van der Waals surface area contributed by atoms with Crippen molar-refractivity contribution in [2.75, 3.05) is 26.4 Å². The van der Waals surface area contributed by atoms with Gasteiger partial charge in [0.2, 0.25) is 5.91 Å². The summed E-state index contributed by atoms with van der Waals surface area (Å²) in [4.78, 5) is 21.8. The first-order valence-corrected chi connectivity index (χ1v) is 5.72. The first-order valence-electron chi connectivity index (χ1n) is 5.72. The average molecular weight is 243 g/mol. The van der Waals surface area contributed by atoms with Crippen molar-refractivity contribution in [2.45, 2.75) is 20.3 Å². The number of carbonyl (C=O) groups excluding carboxylic acids is 2. The maximum absolute atomic E-state index is 11.1. The molecule has 0 spiro atoms. The fraction of sp³-hybridized carbons (Fsp3) is 0.667. The Morgan fingerprint density at radius 3 is 2.59 bits per heavy atom. The van der Waals surface area contributed by atoms with Gasteiger partial charge in [-0.2, -0.15) is 0 Å². The number of carbonyl (C=O) groups is 2. The lowest BCUT2D eigenvalue weighted by Crippen LogP contribution is -2.23. The van der Waals surface area contributed by atoms with Crippen LogP contribution in [0.2, 0.25) is 0 Å². The zero-order chi connectivity index (χ0) is 13.1. The maximum atomic E-state index is 11.1. The number of amides is 1. The van der Waals surface area contributed by atoms with Crippen LogP contribution in [0.4, 0.5) is 0 Å². The molecule has 0 aliphatic rings. The summed E-state index contributed by atoms with van der Waals surface area (Å²) >= 11 is 0. The summed E-state index contributed by atoms with van der Waals surface area (Å²) in [6.07, 6.45) is 1.95. The second kappa shape index (κ2) is 9.84. The lowest BCUT2D eigenvalue weighted by Gasteiger charge is -2.07. The molecule has 1 N–H and O–H groups in total. The number of hydrogen-bond donors (Lipinski definition) is 1. The van der Waals surface area contributed by atoms with Gasteiger partial charge in [-0.15, -0.1) is 0 Å². The number of rotatable bonds is 9. The van der Waals surface area contributed by atoms with Gasteiger partial charge in [0, 0.05) is 13.2 Å². The van der Waals surface area contributed by atoms with Crippen molar-refractivity contribution in [2.24, 2.45) is 5.92 Å². The van der Waals surface area contributed by atoms with Crippen LogP contribution in [0.25, 0.3) is 0 Å². The molecule has 5 heteroatoms. The van der Waals surface area contributed by atoms with Gasteiger partial charge in [-0.05, 0) is 12.5 Å². The maximum Gasteiger partial charge on any atom is 0.308 e. The third-order valence-corrected chi connectivity index (χ3v) is 1.89. The number of nitrogens with one attached hydrogen (secondary N) is 1. The van der Waals surface area contributed by atoms with E-state index in [1.807, 2.05) is 0 Å². The van der Waals surface area contributed by atoms with Gasteiger partial charge in [-0.25, -0.2) is 0 Å². The fourth-order valence-corrected chi connectivity index (χ4v) is 0.928. The van der Waals surface area contributed by atoms with E-state index in [1.165, 1.54) is 6.08 Å². The zero-order valence-electron chi connectivity index (χ0n) is 10.5. The molecular formula is C12H21NO4. The second-order valence-corrected chi connectivity index (χ2v) is 3.78. The van der Waals surface area contributed by atoms with Gasteiger partial charge in [-0.3, -0.25) is 9.59 Å². The summed E-state index contributed by atoms with van der Waals surface area (Å²) in [5.41, 5.74) is 0. The molecule has 0 aromatic carbocycles. The summed E-state index contributed by atoms with van der Waals surface area (Å²) < 4.78 is 10.1. The largest absolute Gasteiger partial charge is 0.463 e. The van der Waals surface area contributed by atoms with Crippen molar-refractivity contribution in [3.63, 3.8) is 0 Å². The Bertz CT molecular complexity index is 251. The summed E-state index contributed by atoms with van der Waals surface area (Å²) in [6, 6.07) is 0. The van der Waals surface area contributed by atoms with Crippen LogP contribution in [-0.4, -0.2) is 38.2 Å². The Balaban J connectivity index is 3.22. The number of ether oxygens (including phenoxy) is 2. The topological polar surface area (TPSA) is 64.6 Å². The SMILES string of the molecule is C=CC(=O)NCCCOCCOC(=O)C(C)C. The van der Waals surface area contributed by atoms with Crippen LogP contribution in [0.15, 0.2) is 12.7 Å². The minimum Gasteiger partial charge on any atom is -0.463 e. The Kier molecular flexibility index (Phi) is 9.05. The van der Waals surface area contributed by atoms with Crippen LogP contribution in [0.3, 0.4) is 0 Å². The molecule has 0 aromatic heterocycles. The number of hydrogen-bond acceptors (Lipinski definition) is 4. The average Bonchev–Trinajstić information content (AvgIpc) is 2.31. The van der Waals surface area contributed by atoms with Gasteiger partial charge in [0.1, 0.15) is 6.61 Å². The molecule has 0 unspecified atom stereocenters. The van der Waals surface area contributed by atoms with Gasteiger partial charge in [0.25, 0.3) is 0 Å². The normalized spacial score (nSPS) is 10.1. The van der Waals surface area contributed by atoms with Crippen LogP contribution in [0.1, 0.15) is 20.3 Å². The molecule has 0 bridgehead atoms. The summed E-state index contributed by atoms with van der Waals surface area (Å²) in [5, 5.41) is 2.63. The number of esters is 1. The molecule has 0 aromatic rings. The smallest absolute Gasteiger partial charge is 0.308 e. The van der Waals surface area contributed by atoms with Crippen molar-refractivity contribution < 1.29 is 19.1 Å². The van der Waals surface area contributed by atoms with Crippen molar-refractivity contribution in [1.29, 1.82) is 0 Å². The molecule has 17 heavy (non-hydrogen) atoms. The summed E-state index contributed by atoms with van der Waals surface area (Å²) in [7, 11) is 0. The van der Waals surface area contributed by atoms with E-state index in [0.29, 0.717) is 19.8 Å². The van der Waals surface area contributed by atoms with E-state index < -0.39 is 0 Å². The van der Waals surface area contributed by atoms with Crippen molar-refractivity contribution >= 4 is 11.9 Å². The highest BCUT2D eigenvalue weighted by Gasteiger charge is 2.06. The molecule has 0 radical (unpaired) electrons. The highest BCUT2D eigenvalue weighted by atomic mass is 16.6. The minimum atomic E-state index is -0.216. The van der Waals surface area contributed by atoms with E-state index >= 15 is 0 Å². The Morgan fingerprint density at radius 2 is 2.00 bits per heavy atom. The van der Waals surface area contributed by atoms with Crippen molar-refractivity contribution in [3.8, 4) is 0 Å². The third kappa shape index (κ3) is 9.56. The molecule has 0 aliphatic carbocycles. The lowest BCUT2D eigenvalue weighted by atomic mass is 10.2. The quantitative estimate of drug-likeness (QED) is 0.371. The fourth-order valence-electron chi connectivity index (χ4n) is 0.928. The predicted octanol–water partition coefficient (Wildman–Crippen LogP) is 0.894. The van der Waals surface area contributed by atoms with Crippen LogP contribution >= 0.6 is 0 Å².